The Morgan fingerprint density at radius 1 is 0.818 bits per heavy atom. The molecule has 0 atom stereocenters. The zero-order valence-corrected chi connectivity index (χ0v) is 26.7. The maximum absolute atomic E-state index is 13.0. The number of hydrogen-bond donors (Lipinski definition) is 2. The predicted molar refractivity (Wildman–Crippen MR) is 172 cm³/mol. The van der Waals surface area contributed by atoms with E-state index in [0.717, 1.165) is 28.3 Å². The monoisotopic (exact) mass is 637 g/mol. The Labute approximate surface area is 260 Å². The van der Waals surface area contributed by atoms with Crippen molar-refractivity contribution < 1.29 is 26.4 Å². The standard InChI is InChI=1S/C33H39N3O6S2/c1-3-42-30-12-6-28(7-13-30)35-44(40,41)31-14-8-27(9-15-31)34-32(37)22-36(43(2,38)39)29-10-4-26(5-11-29)33-19-23-16-24(20-33)18-25(17-23)21-33/h4-15,23-25,35H,3,16-22H2,1-2H3,(H,34,37). The highest BCUT2D eigenvalue weighted by molar-refractivity contribution is 7.92. The van der Waals surface area contributed by atoms with Crippen molar-refractivity contribution in [3.05, 3.63) is 78.4 Å². The van der Waals surface area contributed by atoms with E-state index in [1.54, 1.807) is 24.3 Å². The third-order valence-corrected chi connectivity index (χ3v) is 11.9. The Balaban J connectivity index is 1.10. The van der Waals surface area contributed by atoms with Gasteiger partial charge in [-0.2, -0.15) is 0 Å². The summed E-state index contributed by atoms with van der Waals surface area (Å²) in [5.74, 6) is 2.52. The number of carbonyl (C=O) groups is 1. The molecule has 2 N–H and O–H groups in total. The van der Waals surface area contributed by atoms with Crippen LogP contribution in [0.4, 0.5) is 17.1 Å². The smallest absolute Gasteiger partial charge is 0.261 e. The van der Waals surface area contributed by atoms with Gasteiger partial charge >= 0.3 is 0 Å². The number of hydrogen-bond acceptors (Lipinski definition) is 6. The maximum atomic E-state index is 13.0. The molecule has 234 valence electrons. The zero-order chi connectivity index (χ0) is 31.1. The second-order valence-electron chi connectivity index (χ2n) is 12.6. The van der Waals surface area contributed by atoms with Crippen LogP contribution in [-0.4, -0.2) is 42.2 Å². The highest BCUT2D eigenvalue weighted by atomic mass is 32.2. The van der Waals surface area contributed by atoms with E-state index in [-0.39, 0.29) is 10.3 Å². The summed E-state index contributed by atoms with van der Waals surface area (Å²) in [5.41, 5.74) is 2.66. The second-order valence-corrected chi connectivity index (χ2v) is 16.2. The van der Waals surface area contributed by atoms with Crippen LogP contribution in [0.3, 0.4) is 0 Å². The van der Waals surface area contributed by atoms with Gasteiger partial charge in [0.1, 0.15) is 12.3 Å². The Morgan fingerprint density at radius 3 is 1.89 bits per heavy atom. The number of benzene rings is 3. The van der Waals surface area contributed by atoms with Crippen molar-refractivity contribution >= 4 is 43.0 Å². The molecule has 0 saturated heterocycles. The summed E-state index contributed by atoms with van der Waals surface area (Å²) < 4.78 is 60.2. The topological polar surface area (TPSA) is 122 Å². The lowest BCUT2D eigenvalue weighted by atomic mass is 9.48. The van der Waals surface area contributed by atoms with Gasteiger partial charge in [-0.05, 0) is 135 Å². The van der Waals surface area contributed by atoms with Crippen molar-refractivity contribution in [2.24, 2.45) is 17.8 Å². The molecule has 11 heteroatoms. The number of ether oxygens (including phenoxy) is 1. The van der Waals surface area contributed by atoms with Crippen molar-refractivity contribution in [2.75, 3.05) is 33.8 Å². The normalized spacial score (nSPS) is 24.1. The van der Waals surface area contributed by atoms with Crippen LogP contribution >= 0.6 is 0 Å². The molecule has 0 aromatic heterocycles. The predicted octanol–water partition coefficient (Wildman–Crippen LogP) is 5.76. The Hall–Kier alpha value is -3.57. The van der Waals surface area contributed by atoms with E-state index in [9.17, 15) is 21.6 Å². The molecular weight excluding hydrogens is 599 g/mol. The molecule has 0 unspecified atom stereocenters. The molecule has 4 bridgehead atoms. The third-order valence-electron chi connectivity index (χ3n) is 9.36. The SMILES string of the molecule is CCOc1ccc(NS(=O)(=O)c2ccc(NC(=O)CN(c3ccc(C45CC6CC(CC(C6)C4)C5)cc3)S(C)(=O)=O)cc2)cc1. The van der Waals surface area contributed by atoms with Gasteiger partial charge in [-0.3, -0.25) is 13.8 Å². The minimum absolute atomic E-state index is 0.0151. The fourth-order valence-corrected chi connectivity index (χ4v) is 9.81. The van der Waals surface area contributed by atoms with Gasteiger partial charge < -0.3 is 10.1 Å². The fraction of sp³-hybridized carbons (Fsp3) is 0.424. The molecule has 0 spiro atoms. The second kappa shape index (κ2) is 11.7. The molecule has 9 nitrogen and oxygen atoms in total. The number of carbonyl (C=O) groups excluding carboxylic acids is 1. The molecule has 3 aromatic carbocycles. The highest BCUT2D eigenvalue weighted by Gasteiger charge is 2.51. The van der Waals surface area contributed by atoms with E-state index >= 15 is 0 Å². The largest absolute Gasteiger partial charge is 0.494 e. The van der Waals surface area contributed by atoms with Crippen LogP contribution in [0.2, 0.25) is 0 Å². The summed E-state index contributed by atoms with van der Waals surface area (Å²) in [4.78, 5) is 13.0. The van der Waals surface area contributed by atoms with Crippen LogP contribution in [0.25, 0.3) is 0 Å². The molecule has 4 aliphatic rings. The summed E-state index contributed by atoms with van der Waals surface area (Å²) in [6.07, 6.45) is 8.80. The van der Waals surface area contributed by atoms with Gasteiger partial charge in [-0.1, -0.05) is 12.1 Å². The quantitative estimate of drug-likeness (QED) is 0.276. The first-order valence-electron chi connectivity index (χ1n) is 15.2. The van der Waals surface area contributed by atoms with Crippen LogP contribution in [-0.2, 0) is 30.3 Å². The van der Waals surface area contributed by atoms with Gasteiger partial charge in [0.05, 0.1) is 23.4 Å². The highest BCUT2D eigenvalue weighted by Crippen LogP contribution is 2.60. The van der Waals surface area contributed by atoms with Gasteiger partial charge in [0, 0.05) is 11.4 Å². The van der Waals surface area contributed by atoms with Crippen molar-refractivity contribution in [2.45, 2.75) is 55.8 Å². The Morgan fingerprint density at radius 2 is 1.36 bits per heavy atom. The molecule has 44 heavy (non-hydrogen) atoms. The van der Waals surface area contributed by atoms with E-state index < -0.39 is 32.5 Å². The van der Waals surface area contributed by atoms with Gasteiger partial charge in [-0.15, -0.1) is 0 Å². The van der Waals surface area contributed by atoms with Crippen molar-refractivity contribution in [1.29, 1.82) is 0 Å². The van der Waals surface area contributed by atoms with Crippen LogP contribution in [0.1, 0.15) is 51.0 Å². The van der Waals surface area contributed by atoms with Crippen molar-refractivity contribution in [3.8, 4) is 5.75 Å². The van der Waals surface area contributed by atoms with E-state index in [2.05, 4.69) is 22.2 Å². The molecule has 4 fully saturated rings. The molecule has 7 rings (SSSR count). The van der Waals surface area contributed by atoms with Crippen LogP contribution in [0.5, 0.6) is 5.75 Å². The first kappa shape index (κ1) is 30.5. The molecular formula is C33H39N3O6S2. The number of sulfonamides is 2. The van der Waals surface area contributed by atoms with Crippen LogP contribution in [0.15, 0.2) is 77.7 Å². The lowest BCUT2D eigenvalue weighted by Crippen LogP contribution is -2.48. The van der Waals surface area contributed by atoms with Gasteiger partial charge in [0.2, 0.25) is 15.9 Å². The molecule has 0 radical (unpaired) electrons. The molecule has 4 aliphatic carbocycles. The summed E-state index contributed by atoms with van der Waals surface area (Å²) in [6.45, 7) is 1.97. The molecule has 1 amide bonds. The number of amides is 1. The number of nitrogens with one attached hydrogen (secondary N) is 2. The number of nitrogens with zero attached hydrogens (tertiary/aromatic N) is 1. The maximum Gasteiger partial charge on any atom is 0.261 e. The van der Waals surface area contributed by atoms with Gasteiger partial charge in [0.15, 0.2) is 0 Å². The van der Waals surface area contributed by atoms with Gasteiger partial charge in [-0.25, -0.2) is 16.8 Å². The molecule has 0 heterocycles. The summed E-state index contributed by atoms with van der Waals surface area (Å²) in [7, 11) is -7.62. The molecule has 4 saturated carbocycles. The first-order chi connectivity index (χ1) is 20.9. The Bertz CT molecular complexity index is 1690. The van der Waals surface area contributed by atoms with E-state index in [1.165, 1.54) is 68.4 Å². The third kappa shape index (κ3) is 6.44. The summed E-state index contributed by atoms with van der Waals surface area (Å²) in [6, 6.07) is 20.0. The molecule has 0 aliphatic heterocycles. The average molecular weight is 638 g/mol. The number of rotatable bonds is 11. The van der Waals surface area contributed by atoms with Crippen molar-refractivity contribution in [1.82, 2.24) is 0 Å². The first-order valence-corrected chi connectivity index (χ1v) is 18.5. The summed E-state index contributed by atoms with van der Waals surface area (Å²) in [5, 5.41) is 2.69. The minimum atomic E-state index is -3.87. The van der Waals surface area contributed by atoms with Crippen LogP contribution < -0.4 is 19.1 Å². The fourth-order valence-electron chi connectivity index (χ4n) is 7.89. The zero-order valence-electron chi connectivity index (χ0n) is 25.0. The van der Waals surface area contributed by atoms with E-state index in [4.69, 9.17) is 4.74 Å². The summed E-state index contributed by atoms with van der Waals surface area (Å²) >= 11 is 0. The van der Waals surface area contributed by atoms with Crippen LogP contribution in [0, 0.1) is 17.8 Å². The van der Waals surface area contributed by atoms with Gasteiger partial charge in [0.25, 0.3) is 10.0 Å². The van der Waals surface area contributed by atoms with E-state index in [0.29, 0.717) is 29.4 Å². The minimum Gasteiger partial charge on any atom is -0.494 e. The Kier molecular flexibility index (Phi) is 8.13. The number of anilines is 3. The van der Waals surface area contributed by atoms with Crippen molar-refractivity contribution in [3.63, 3.8) is 0 Å². The van der Waals surface area contributed by atoms with E-state index in [1.807, 2.05) is 19.1 Å². The lowest BCUT2D eigenvalue weighted by molar-refractivity contribution is -0.114. The molecule has 3 aromatic rings. The lowest BCUT2D eigenvalue weighted by Gasteiger charge is -2.57. The average Bonchev–Trinajstić information content (AvgIpc) is 2.96.